The van der Waals surface area contributed by atoms with Crippen molar-refractivity contribution < 1.29 is 0 Å². The maximum atomic E-state index is 9.55. The Hall–Kier alpha value is -2.65. The molecule has 0 fully saturated rings. The molecule has 0 aliphatic carbocycles. The third-order valence-electron chi connectivity index (χ3n) is 4.11. The third kappa shape index (κ3) is 3.15. The molecule has 3 heterocycles. The van der Waals surface area contributed by atoms with E-state index >= 15 is 0 Å². The lowest BCUT2D eigenvalue weighted by Crippen LogP contribution is -2.11. The summed E-state index contributed by atoms with van der Waals surface area (Å²) in [5.41, 5.74) is 4.75. The fraction of sp³-hybridized carbons (Fsp3) is 0.316. The minimum atomic E-state index is 0.276. The van der Waals surface area contributed by atoms with E-state index < -0.39 is 0 Å². The van der Waals surface area contributed by atoms with Gasteiger partial charge in [-0.05, 0) is 52.3 Å². The number of rotatable bonds is 4. The van der Waals surface area contributed by atoms with Gasteiger partial charge < -0.3 is 4.57 Å². The molecule has 0 atom stereocenters. The van der Waals surface area contributed by atoms with Crippen molar-refractivity contribution in [2.45, 2.75) is 40.7 Å². The Morgan fingerprint density at radius 3 is 2.68 bits per heavy atom. The van der Waals surface area contributed by atoms with E-state index in [1.807, 2.05) is 35.3 Å². The molecule has 3 aromatic heterocycles. The van der Waals surface area contributed by atoms with Gasteiger partial charge in [-0.3, -0.25) is 0 Å². The van der Waals surface area contributed by atoms with E-state index in [0.717, 1.165) is 33.5 Å². The van der Waals surface area contributed by atoms with Crippen molar-refractivity contribution in [1.29, 1.82) is 5.26 Å². The van der Waals surface area contributed by atoms with Gasteiger partial charge in [-0.15, -0.1) is 11.3 Å². The summed E-state index contributed by atoms with van der Waals surface area (Å²) in [5.74, 6) is 1.04. The van der Waals surface area contributed by atoms with Gasteiger partial charge in [0.25, 0.3) is 0 Å². The van der Waals surface area contributed by atoms with Crippen molar-refractivity contribution in [2.24, 2.45) is 0 Å². The van der Waals surface area contributed by atoms with Crippen molar-refractivity contribution in [3.63, 3.8) is 0 Å². The molecule has 6 heteroatoms. The van der Waals surface area contributed by atoms with E-state index in [1.54, 1.807) is 0 Å². The second-order valence-electron chi connectivity index (χ2n) is 6.35. The van der Waals surface area contributed by atoms with Gasteiger partial charge in [0, 0.05) is 34.6 Å². The summed E-state index contributed by atoms with van der Waals surface area (Å²) >= 11 is 1.50. The highest BCUT2D eigenvalue weighted by Gasteiger charge is 2.15. The standard InChI is InChI=1S/C19H21N5S/c1-12(2)24-18(6-7-21-24)23-14(4)8-16(15(23)5)9-17(10-20)19-22-13(3)11-25-19/h6-9,11-12H,1-5H3/b17-9-. The average Bonchev–Trinajstić information content (AvgIpc) is 3.25. The Balaban J connectivity index is 2.10. The van der Waals surface area contributed by atoms with Gasteiger partial charge in [-0.1, -0.05) is 0 Å². The summed E-state index contributed by atoms with van der Waals surface area (Å²) in [6, 6.07) is 6.68. The van der Waals surface area contributed by atoms with E-state index in [2.05, 4.69) is 54.5 Å². The average molecular weight is 351 g/mol. The number of allylic oxidation sites excluding steroid dienone is 1. The van der Waals surface area contributed by atoms with E-state index in [-0.39, 0.29) is 6.04 Å². The number of aromatic nitrogens is 4. The molecule has 0 saturated heterocycles. The first-order valence-electron chi connectivity index (χ1n) is 8.19. The first kappa shape index (κ1) is 17.2. The van der Waals surface area contributed by atoms with Crippen molar-refractivity contribution in [2.75, 3.05) is 0 Å². The summed E-state index contributed by atoms with van der Waals surface area (Å²) in [6.45, 7) is 10.3. The van der Waals surface area contributed by atoms with E-state index in [1.165, 1.54) is 11.3 Å². The molecule has 0 N–H and O–H groups in total. The molecule has 0 aromatic carbocycles. The predicted molar refractivity (Wildman–Crippen MR) is 102 cm³/mol. The van der Waals surface area contributed by atoms with E-state index in [0.29, 0.717) is 5.57 Å². The molecular formula is C19H21N5S. The molecule has 25 heavy (non-hydrogen) atoms. The lowest BCUT2D eigenvalue weighted by atomic mass is 10.1. The monoisotopic (exact) mass is 351 g/mol. The smallest absolute Gasteiger partial charge is 0.135 e. The molecule has 0 unspecified atom stereocenters. The Morgan fingerprint density at radius 2 is 2.08 bits per heavy atom. The van der Waals surface area contributed by atoms with Crippen molar-refractivity contribution in [3.8, 4) is 11.9 Å². The first-order valence-corrected chi connectivity index (χ1v) is 9.07. The largest absolute Gasteiger partial charge is 0.303 e. The number of thiazole rings is 1. The summed E-state index contributed by atoms with van der Waals surface area (Å²) in [6.07, 6.45) is 3.75. The number of nitrogens with zero attached hydrogens (tertiary/aromatic N) is 5. The third-order valence-corrected chi connectivity index (χ3v) is 5.10. The summed E-state index contributed by atoms with van der Waals surface area (Å²) in [5, 5.41) is 16.7. The summed E-state index contributed by atoms with van der Waals surface area (Å²) in [4.78, 5) is 4.43. The summed E-state index contributed by atoms with van der Waals surface area (Å²) in [7, 11) is 0. The SMILES string of the molecule is Cc1csc(/C(C#N)=C\c2cc(C)n(-c3ccnn3C(C)C)c2C)n1. The van der Waals surface area contributed by atoms with Crippen LogP contribution in [0.5, 0.6) is 0 Å². The number of nitriles is 1. The molecule has 3 aromatic rings. The highest BCUT2D eigenvalue weighted by molar-refractivity contribution is 7.11. The highest BCUT2D eigenvalue weighted by atomic mass is 32.1. The number of hydrogen-bond donors (Lipinski definition) is 0. The van der Waals surface area contributed by atoms with Gasteiger partial charge in [0.15, 0.2) is 0 Å². The van der Waals surface area contributed by atoms with Gasteiger partial charge in [-0.25, -0.2) is 9.67 Å². The maximum Gasteiger partial charge on any atom is 0.135 e. The first-order chi connectivity index (χ1) is 11.9. The highest BCUT2D eigenvalue weighted by Crippen LogP contribution is 2.27. The molecule has 128 valence electrons. The van der Waals surface area contributed by atoms with Gasteiger partial charge in [0.1, 0.15) is 16.9 Å². The Morgan fingerprint density at radius 1 is 1.32 bits per heavy atom. The molecule has 0 saturated carbocycles. The van der Waals surface area contributed by atoms with Crippen LogP contribution in [0.4, 0.5) is 0 Å². The van der Waals surface area contributed by atoms with Crippen molar-refractivity contribution >= 4 is 23.0 Å². The van der Waals surface area contributed by atoms with Crippen LogP contribution < -0.4 is 0 Å². The minimum absolute atomic E-state index is 0.276. The Bertz CT molecular complexity index is 978. The van der Waals surface area contributed by atoms with Gasteiger partial charge in [0.2, 0.25) is 0 Å². The molecule has 0 amide bonds. The van der Waals surface area contributed by atoms with Crippen LogP contribution in [0.3, 0.4) is 0 Å². The molecule has 0 aliphatic rings. The van der Waals surface area contributed by atoms with E-state index in [9.17, 15) is 5.26 Å². The molecule has 5 nitrogen and oxygen atoms in total. The molecule has 3 rings (SSSR count). The predicted octanol–water partition coefficient (Wildman–Crippen LogP) is 4.70. The van der Waals surface area contributed by atoms with E-state index in [4.69, 9.17) is 0 Å². The van der Waals surface area contributed by atoms with Gasteiger partial charge in [0.05, 0.1) is 11.8 Å². The van der Waals surface area contributed by atoms with Crippen LogP contribution in [0.15, 0.2) is 23.7 Å². The Kier molecular flexibility index (Phi) is 4.60. The lowest BCUT2D eigenvalue weighted by molar-refractivity contribution is 0.519. The quantitative estimate of drug-likeness (QED) is 0.640. The molecule has 0 bridgehead atoms. The van der Waals surface area contributed by atoms with Crippen LogP contribution in [0, 0.1) is 32.1 Å². The molecule has 0 radical (unpaired) electrons. The minimum Gasteiger partial charge on any atom is -0.303 e. The Labute approximate surface area is 151 Å². The number of hydrogen-bond acceptors (Lipinski definition) is 4. The van der Waals surface area contributed by atoms with Crippen LogP contribution in [-0.2, 0) is 0 Å². The van der Waals surface area contributed by atoms with Crippen LogP contribution in [0.25, 0.3) is 17.5 Å². The fourth-order valence-corrected chi connectivity index (χ4v) is 3.71. The topological polar surface area (TPSA) is 59.4 Å². The summed E-state index contributed by atoms with van der Waals surface area (Å²) < 4.78 is 4.18. The van der Waals surface area contributed by atoms with Gasteiger partial charge in [-0.2, -0.15) is 10.4 Å². The maximum absolute atomic E-state index is 9.55. The zero-order valence-electron chi connectivity index (χ0n) is 15.1. The molecule has 0 aliphatic heterocycles. The fourth-order valence-electron chi connectivity index (χ4n) is 2.94. The lowest BCUT2D eigenvalue weighted by Gasteiger charge is -2.15. The van der Waals surface area contributed by atoms with Crippen LogP contribution >= 0.6 is 11.3 Å². The second-order valence-corrected chi connectivity index (χ2v) is 7.21. The van der Waals surface area contributed by atoms with Crippen molar-refractivity contribution in [1.82, 2.24) is 19.3 Å². The van der Waals surface area contributed by atoms with Crippen molar-refractivity contribution in [3.05, 3.63) is 51.4 Å². The second kappa shape index (κ2) is 6.69. The van der Waals surface area contributed by atoms with Crippen LogP contribution in [0.2, 0.25) is 0 Å². The normalized spacial score (nSPS) is 12.0. The number of aryl methyl sites for hydroxylation is 2. The zero-order valence-corrected chi connectivity index (χ0v) is 15.9. The molecule has 0 spiro atoms. The van der Waals surface area contributed by atoms with Gasteiger partial charge >= 0.3 is 0 Å². The van der Waals surface area contributed by atoms with Crippen LogP contribution in [-0.4, -0.2) is 19.3 Å². The zero-order chi connectivity index (χ0) is 18.1. The van der Waals surface area contributed by atoms with Crippen LogP contribution in [0.1, 0.15) is 47.5 Å². The molecular weight excluding hydrogens is 330 g/mol.